The second kappa shape index (κ2) is 4.64. The molecule has 0 radical (unpaired) electrons. The van der Waals surface area contributed by atoms with Crippen LogP contribution in [0, 0.1) is 0 Å². The van der Waals surface area contributed by atoms with Crippen LogP contribution in [0.25, 0.3) is 11.2 Å². The van der Waals surface area contributed by atoms with Crippen LogP contribution in [0.5, 0.6) is 0 Å². The number of aromatic nitrogens is 4. The number of fused-ring (bicyclic) bond motifs is 1. The first-order chi connectivity index (χ1) is 8.16. The van der Waals surface area contributed by atoms with E-state index in [4.69, 9.17) is 4.55 Å². The van der Waals surface area contributed by atoms with Gasteiger partial charge < -0.3 is 4.57 Å². The summed E-state index contributed by atoms with van der Waals surface area (Å²) in [5, 5.41) is -0.684. The molecule has 2 rings (SSSR count). The van der Waals surface area contributed by atoms with Crippen LogP contribution in [-0.4, -0.2) is 50.5 Å². The number of hydrogen-bond acceptors (Lipinski definition) is 5. The van der Waals surface area contributed by atoms with Crippen molar-refractivity contribution in [1.82, 2.24) is 18.7 Å². The van der Waals surface area contributed by atoms with E-state index in [-0.39, 0.29) is 30.0 Å². The van der Waals surface area contributed by atoms with Gasteiger partial charge in [0, 0.05) is 21.1 Å². The number of hydrogen-bond donors (Lipinski definition) is 1. The Morgan fingerprint density at radius 3 is 2.05 bits per heavy atom. The summed E-state index contributed by atoms with van der Waals surface area (Å²) in [6, 6.07) is 0. The van der Waals surface area contributed by atoms with Crippen LogP contribution in [0.1, 0.15) is 0 Å². The standard InChI is InChI=1S/C8H10N4O5S.Li.H/c1-10-4-5(9-7(10)18(15,16)17)11(2)8(14)12(3)6(4)13;;/h1-3H3,(H,15,16,17);;. The molecular formula is C8H11LiN4O5S. The maximum absolute atomic E-state index is 11.9. The first kappa shape index (κ1) is 15.7. The van der Waals surface area contributed by atoms with Crippen molar-refractivity contribution in [3.8, 4) is 0 Å². The summed E-state index contributed by atoms with van der Waals surface area (Å²) in [4.78, 5) is 27.1. The molecule has 0 bridgehead atoms. The summed E-state index contributed by atoms with van der Waals surface area (Å²) in [7, 11) is -0.678. The van der Waals surface area contributed by atoms with Gasteiger partial charge in [0.25, 0.3) is 10.7 Å². The van der Waals surface area contributed by atoms with Crippen LogP contribution in [0.4, 0.5) is 0 Å². The fourth-order valence-corrected chi connectivity index (χ4v) is 2.37. The first-order valence-electron chi connectivity index (χ1n) is 4.76. The summed E-state index contributed by atoms with van der Waals surface area (Å²) in [5.41, 5.74) is -1.49. The summed E-state index contributed by atoms with van der Waals surface area (Å²) in [6.45, 7) is 0. The molecule has 0 atom stereocenters. The molecule has 0 fully saturated rings. The molecule has 0 unspecified atom stereocenters. The van der Waals surface area contributed by atoms with Crippen molar-refractivity contribution >= 4 is 40.1 Å². The zero-order valence-electron chi connectivity index (χ0n) is 9.78. The van der Waals surface area contributed by atoms with E-state index in [1.165, 1.54) is 21.1 Å². The summed E-state index contributed by atoms with van der Waals surface area (Å²) >= 11 is 0. The SMILES string of the molecule is Cn1c(=O)c2c(nc(S(=O)(=O)O)n2C)n(C)c1=O.[LiH]. The molecule has 2 aromatic heterocycles. The second-order valence-corrected chi connectivity index (χ2v) is 5.12. The molecular weight excluding hydrogens is 271 g/mol. The molecule has 0 aliphatic carbocycles. The Labute approximate surface area is 119 Å². The van der Waals surface area contributed by atoms with Gasteiger partial charge >= 0.3 is 34.7 Å². The summed E-state index contributed by atoms with van der Waals surface area (Å²) < 4.78 is 34.0. The van der Waals surface area contributed by atoms with Gasteiger partial charge in [-0.1, -0.05) is 0 Å². The van der Waals surface area contributed by atoms with Crippen molar-refractivity contribution in [3.05, 3.63) is 20.8 Å². The van der Waals surface area contributed by atoms with Gasteiger partial charge in [0.1, 0.15) is 0 Å². The van der Waals surface area contributed by atoms with Crippen LogP contribution in [0.2, 0.25) is 0 Å². The van der Waals surface area contributed by atoms with E-state index in [9.17, 15) is 18.0 Å². The normalized spacial score (nSPS) is 11.6. The third kappa shape index (κ3) is 2.16. The third-order valence-electron chi connectivity index (χ3n) is 2.67. The molecule has 0 aliphatic rings. The molecule has 0 amide bonds. The predicted molar refractivity (Wildman–Crippen MR) is 68.2 cm³/mol. The predicted octanol–water partition coefficient (Wildman–Crippen LogP) is -2.43. The Kier molecular flexibility index (Phi) is 3.84. The minimum atomic E-state index is -4.57. The van der Waals surface area contributed by atoms with Crippen molar-refractivity contribution in [2.45, 2.75) is 5.16 Å². The van der Waals surface area contributed by atoms with Crippen molar-refractivity contribution in [2.24, 2.45) is 21.1 Å². The fraction of sp³-hybridized carbons (Fsp3) is 0.375. The molecule has 0 aliphatic heterocycles. The van der Waals surface area contributed by atoms with E-state index < -0.39 is 26.5 Å². The first-order valence-corrected chi connectivity index (χ1v) is 6.20. The fourth-order valence-electron chi connectivity index (χ4n) is 1.73. The molecule has 0 aromatic carbocycles. The van der Waals surface area contributed by atoms with Crippen LogP contribution in [-0.2, 0) is 31.3 Å². The molecule has 0 saturated carbocycles. The Balaban J connectivity index is 0.00000180. The Hall–Kier alpha value is -1.34. The molecule has 2 heterocycles. The van der Waals surface area contributed by atoms with Gasteiger partial charge in [0.05, 0.1) is 0 Å². The molecule has 1 N–H and O–H groups in total. The van der Waals surface area contributed by atoms with Crippen LogP contribution >= 0.6 is 0 Å². The van der Waals surface area contributed by atoms with Crippen LogP contribution < -0.4 is 11.2 Å². The van der Waals surface area contributed by atoms with E-state index >= 15 is 0 Å². The Morgan fingerprint density at radius 2 is 1.58 bits per heavy atom. The van der Waals surface area contributed by atoms with Crippen molar-refractivity contribution in [1.29, 1.82) is 0 Å². The van der Waals surface area contributed by atoms with Gasteiger partial charge in [-0.05, 0) is 0 Å². The molecule has 11 heteroatoms. The zero-order chi connectivity index (χ0) is 13.8. The van der Waals surface area contributed by atoms with Crippen molar-refractivity contribution < 1.29 is 13.0 Å². The van der Waals surface area contributed by atoms with Gasteiger partial charge in [-0.2, -0.15) is 13.4 Å². The van der Waals surface area contributed by atoms with Gasteiger partial charge in [-0.3, -0.25) is 18.5 Å². The zero-order valence-corrected chi connectivity index (χ0v) is 10.6. The average Bonchev–Trinajstić information content (AvgIpc) is 2.61. The quantitative estimate of drug-likeness (QED) is 0.459. The molecule has 9 nitrogen and oxygen atoms in total. The molecule has 19 heavy (non-hydrogen) atoms. The van der Waals surface area contributed by atoms with E-state index in [1.807, 2.05) is 0 Å². The number of nitrogens with zero attached hydrogens (tertiary/aromatic N) is 4. The average molecular weight is 282 g/mol. The molecule has 2 aromatic rings. The number of aryl methyl sites for hydroxylation is 2. The van der Waals surface area contributed by atoms with Crippen LogP contribution in [0.3, 0.4) is 0 Å². The van der Waals surface area contributed by atoms with E-state index in [2.05, 4.69) is 4.98 Å². The van der Waals surface area contributed by atoms with Crippen molar-refractivity contribution in [3.63, 3.8) is 0 Å². The third-order valence-corrected chi connectivity index (χ3v) is 3.49. The van der Waals surface area contributed by atoms with Gasteiger partial charge in [-0.15, -0.1) is 0 Å². The van der Waals surface area contributed by atoms with Crippen LogP contribution in [0.15, 0.2) is 14.7 Å². The minimum absolute atomic E-state index is 0. The van der Waals surface area contributed by atoms with Gasteiger partial charge in [-0.25, -0.2) is 4.79 Å². The molecule has 0 spiro atoms. The molecule has 0 saturated heterocycles. The van der Waals surface area contributed by atoms with E-state index in [1.54, 1.807) is 0 Å². The second-order valence-electron chi connectivity index (χ2n) is 3.81. The van der Waals surface area contributed by atoms with Crippen molar-refractivity contribution in [2.75, 3.05) is 0 Å². The Bertz CT molecular complexity index is 875. The molecule has 100 valence electrons. The van der Waals surface area contributed by atoms with Gasteiger partial charge in [0.2, 0.25) is 0 Å². The number of imidazole rings is 1. The van der Waals surface area contributed by atoms with E-state index in [0.717, 1.165) is 13.7 Å². The Morgan fingerprint density at radius 1 is 1.05 bits per heavy atom. The van der Waals surface area contributed by atoms with E-state index in [0.29, 0.717) is 0 Å². The summed E-state index contributed by atoms with van der Waals surface area (Å²) in [6.07, 6.45) is 0. The maximum atomic E-state index is 11.9. The summed E-state index contributed by atoms with van der Waals surface area (Å²) in [5.74, 6) is 0. The monoisotopic (exact) mass is 282 g/mol. The number of rotatable bonds is 1. The van der Waals surface area contributed by atoms with Gasteiger partial charge in [0.15, 0.2) is 11.2 Å². The topological polar surface area (TPSA) is 116 Å².